The molecular formula is C11H12Br2N2O4. The van der Waals surface area contributed by atoms with Gasteiger partial charge in [-0.3, -0.25) is 19.3 Å². The van der Waals surface area contributed by atoms with Crippen molar-refractivity contribution < 1.29 is 19.1 Å². The van der Waals surface area contributed by atoms with Gasteiger partial charge in [-0.1, -0.05) is 31.9 Å². The number of likely N-dealkylation sites (tertiary alicyclic amines) is 1. The number of nitrogens with zero attached hydrogens (tertiary/aromatic N) is 1. The third kappa shape index (κ3) is 1.59. The van der Waals surface area contributed by atoms with Gasteiger partial charge in [0.05, 0.1) is 33.7 Å². The van der Waals surface area contributed by atoms with Gasteiger partial charge in [-0.2, -0.15) is 0 Å². The molecule has 0 aromatic carbocycles. The van der Waals surface area contributed by atoms with Crippen LogP contribution in [0.15, 0.2) is 0 Å². The van der Waals surface area contributed by atoms with E-state index in [1.54, 1.807) is 0 Å². The molecule has 3 amide bonds. The van der Waals surface area contributed by atoms with Gasteiger partial charge in [0, 0.05) is 0 Å². The first kappa shape index (κ1) is 13.5. The highest BCUT2D eigenvalue weighted by Crippen LogP contribution is 2.53. The van der Waals surface area contributed by atoms with Crippen LogP contribution in [0, 0.1) is 11.8 Å². The van der Waals surface area contributed by atoms with Gasteiger partial charge in [0.15, 0.2) is 0 Å². The van der Waals surface area contributed by atoms with Gasteiger partial charge in [-0.15, -0.1) is 0 Å². The molecule has 7 atom stereocenters. The summed E-state index contributed by atoms with van der Waals surface area (Å²) in [6.07, 6.45) is -0.665. The van der Waals surface area contributed by atoms with Crippen molar-refractivity contribution in [3.63, 3.8) is 0 Å². The number of halogens is 2. The fraction of sp³-hybridized carbons (Fsp3) is 0.727. The summed E-state index contributed by atoms with van der Waals surface area (Å²) in [5.74, 6) is -2.38. The zero-order chi connectivity index (χ0) is 14.1. The van der Waals surface area contributed by atoms with Crippen LogP contribution in [0.4, 0.5) is 0 Å². The minimum Gasteiger partial charge on any atom is -0.371 e. The molecule has 8 heteroatoms. The number of hydrogen-bond donors (Lipinski definition) is 1. The second-order valence-corrected chi connectivity index (χ2v) is 7.25. The fourth-order valence-electron chi connectivity index (χ4n) is 3.20. The summed E-state index contributed by atoms with van der Waals surface area (Å²) in [5.41, 5.74) is 5.20. The Morgan fingerprint density at radius 1 is 1.21 bits per heavy atom. The number of rotatable bonds is 2. The second-order valence-electron chi connectivity index (χ2n) is 5.13. The van der Waals surface area contributed by atoms with Crippen LogP contribution in [-0.2, 0) is 19.1 Å². The number of fused-ring (bicyclic) bond motifs is 5. The highest BCUT2D eigenvalue weighted by Gasteiger charge is 2.68. The molecule has 0 aliphatic carbocycles. The van der Waals surface area contributed by atoms with E-state index in [1.165, 1.54) is 6.92 Å². The zero-order valence-corrected chi connectivity index (χ0v) is 13.1. The summed E-state index contributed by atoms with van der Waals surface area (Å²) < 4.78 is 5.71. The van der Waals surface area contributed by atoms with E-state index in [9.17, 15) is 14.4 Å². The van der Waals surface area contributed by atoms with Gasteiger partial charge in [0.1, 0.15) is 6.04 Å². The van der Waals surface area contributed by atoms with E-state index >= 15 is 0 Å². The summed E-state index contributed by atoms with van der Waals surface area (Å²) in [6.45, 7) is 1.47. The van der Waals surface area contributed by atoms with E-state index < -0.39 is 23.8 Å². The lowest BCUT2D eigenvalue weighted by atomic mass is 9.81. The number of hydrogen-bond acceptors (Lipinski definition) is 4. The second kappa shape index (κ2) is 4.26. The Labute approximate surface area is 126 Å². The van der Waals surface area contributed by atoms with Gasteiger partial charge in [-0.05, 0) is 6.92 Å². The van der Waals surface area contributed by atoms with E-state index in [-0.39, 0.29) is 33.7 Å². The van der Waals surface area contributed by atoms with Gasteiger partial charge >= 0.3 is 0 Å². The maximum absolute atomic E-state index is 12.4. The molecule has 3 aliphatic rings. The van der Waals surface area contributed by atoms with Crippen molar-refractivity contribution in [2.24, 2.45) is 17.6 Å². The summed E-state index contributed by atoms with van der Waals surface area (Å²) in [6, 6.07) is -0.910. The highest BCUT2D eigenvalue weighted by atomic mass is 79.9. The SMILES string of the molecule is CC(C(N)=O)N1C(=O)C2C3OC(C(Br)C3Br)C2C1=O. The predicted molar refractivity (Wildman–Crippen MR) is 71.6 cm³/mol. The molecule has 7 unspecified atom stereocenters. The number of carbonyl (C=O) groups is 3. The molecular weight excluding hydrogens is 384 g/mol. The fourth-order valence-corrected chi connectivity index (χ4v) is 4.70. The number of primary amides is 1. The van der Waals surface area contributed by atoms with Crippen molar-refractivity contribution >= 4 is 49.6 Å². The Kier molecular flexibility index (Phi) is 3.03. The average Bonchev–Trinajstić information content (AvgIpc) is 2.94. The molecule has 0 aromatic rings. The molecule has 3 rings (SSSR count). The van der Waals surface area contributed by atoms with Crippen LogP contribution in [0.25, 0.3) is 0 Å². The van der Waals surface area contributed by atoms with Crippen molar-refractivity contribution in [1.82, 2.24) is 4.90 Å². The minimum atomic E-state index is -0.910. The number of ether oxygens (including phenoxy) is 1. The third-order valence-electron chi connectivity index (χ3n) is 4.19. The number of nitrogens with two attached hydrogens (primary N) is 1. The molecule has 0 radical (unpaired) electrons. The van der Waals surface area contributed by atoms with Crippen molar-refractivity contribution in [2.75, 3.05) is 0 Å². The molecule has 3 aliphatic heterocycles. The number of carbonyl (C=O) groups excluding carboxylic acids is 3. The van der Waals surface area contributed by atoms with E-state index in [0.29, 0.717) is 0 Å². The molecule has 3 fully saturated rings. The molecule has 3 heterocycles. The van der Waals surface area contributed by atoms with Crippen molar-refractivity contribution in [2.45, 2.75) is 34.8 Å². The standard InChI is InChI=1S/C11H12Br2N2O4/c1-2(9(14)16)15-10(17)3-4(11(15)18)8-6(13)5(12)7(3)19-8/h2-8H,1H3,(H2,14,16). The number of imide groups is 1. The first-order valence-corrected chi connectivity index (χ1v) is 7.79. The summed E-state index contributed by atoms with van der Waals surface area (Å²) in [5, 5.41) is 0. The molecule has 104 valence electrons. The van der Waals surface area contributed by atoms with Crippen LogP contribution < -0.4 is 5.73 Å². The molecule has 19 heavy (non-hydrogen) atoms. The summed E-state index contributed by atoms with van der Waals surface area (Å²) in [7, 11) is 0. The van der Waals surface area contributed by atoms with Crippen molar-refractivity contribution in [3.05, 3.63) is 0 Å². The molecule has 0 aromatic heterocycles. The third-order valence-corrected chi connectivity index (χ3v) is 7.08. The molecule has 2 N–H and O–H groups in total. The maximum atomic E-state index is 12.4. The zero-order valence-electron chi connectivity index (χ0n) is 9.95. The Bertz CT molecular complexity index is 453. The lowest BCUT2D eigenvalue weighted by Gasteiger charge is -2.24. The Morgan fingerprint density at radius 3 is 2.00 bits per heavy atom. The first-order valence-electron chi connectivity index (χ1n) is 5.96. The lowest BCUT2D eigenvalue weighted by Crippen LogP contribution is -2.47. The van der Waals surface area contributed by atoms with E-state index in [4.69, 9.17) is 10.5 Å². The average molecular weight is 396 g/mol. The normalized spacial score (nSPS) is 45.7. The largest absolute Gasteiger partial charge is 0.371 e. The number of alkyl halides is 2. The van der Waals surface area contributed by atoms with Gasteiger partial charge in [0.25, 0.3) is 0 Å². The Balaban J connectivity index is 1.95. The Hall–Kier alpha value is -0.470. The smallest absolute Gasteiger partial charge is 0.240 e. The van der Waals surface area contributed by atoms with Crippen LogP contribution in [0.1, 0.15) is 6.92 Å². The lowest BCUT2D eigenvalue weighted by molar-refractivity contribution is -0.148. The highest BCUT2D eigenvalue weighted by molar-refractivity contribution is 9.12. The van der Waals surface area contributed by atoms with E-state index in [0.717, 1.165) is 4.90 Å². The predicted octanol–water partition coefficient (Wildman–Crippen LogP) is -0.231. The topological polar surface area (TPSA) is 89.7 Å². The number of amides is 3. The maximum Gasteiger partial charge on any atom is 0.240 e. The summed E-state index contributed by atoms with van der Waals surface area (Å²) in [4.78, 5) is 36.9. The first-order chi connectivity index (χ1) is 8.86. The van der Waals surface area contributed by atoms with Crippen molar-refractivity contribution in [1.29, 1.82) is 0 Å². The summed E-state index contributed by atoms with van der Waals surface area (Å²) >= 11 is 6.97. The quantitative estimate of drug-likeness (QED) is 0.516. The molecule has 0 spiro atoms. The van der Waals surface area contributed by atoms with Crippen LogP contribution in [0.3, 0.4) is 0 Å². The van der Waals surface area contributed by atoms with Crippen molar-refractivity contribution in [3.8, 4) is 0 Å². The minimum absolute atomic E-state index is 0.0145. The molecule has 2 bridgehead atoms. The van der Waals surface area contributed by atoms with Gasteiger partial charge in [0.2, 0.25) is 17.7 Å². The van der Waals surface area contributed by atoms with Gasteiger partial charge in [-0.25, -0.2) is 0 Å². The van der Waals surface area contributed by atoms with E-state index in [1.807, 2.05) is 0 Å². The Morgan fingerprint density at radius 2 is 1.63 bits per heavy atom. The molecule has 6 nitrogen and oxygen atoms in total. The van der Waals surface area contributed by atoms with Crippen LogP contribution in [0.2, 0.25) is 0 Å². The van der Waals surface area contributed by atoms with E-state index in [2.05, 4.69) is 31.9 Å². The molecule has 0 saturated carbocycles. The van der Waals surface area contributed by atoms with Crippen LogP contribution in [0.5, 0.6) is 0 Å². The van der Waals surface area contributed by atoms with Crippen LogP contribution >= 0.6 is 31.9 Å². The monoisotopic (exact) mass is 394 g/mol. The molecule has 3 saturated heterocycles. The van der Waals surface area contributed by atoms with Gasteiger partial charge < -0.3 is 10.5 Å². The van der Waals surface area contributed by atoms with Crippen LogP contribution in [-0.4, -0.2) is 50.5 Å².